The minimum Gasteiger partial charge on any atom is -0.394 e. The van der Waals surface area contributed by atoms with Crippen molar-refractivity contribution in [2.24, 2.45) is 0 Å². The summed E-state index contributed by atoms with van der Waals surface area (Å²) < 4.78 is 11.2. The summed E-state index contributed by atoms with van der Waals surface area (Å²) in [4.78, 5) is 0. The Kier molecular flexibility index (Phi) is 7.52. The van der Waals surface area contributed by atoms with Crippen molar-refractivity contribution in [3.05, 3.63) is 69.7 Å². The number of hydrogen-bond acceptors (Lipinski definition) is 6. The standard InChI is InChI=1S/C23H29ClO6/c1-3-14-4-6-15(7-5-14)10-16-11-17(8-9-18(16)24)23(13-29-2)22(28)21(27)20(26)19(12-25)30-23/h4-9,11,19-22,25-28H,3,10,12-13H2,1-2H3/t19?,20-,21+,22-,23?/m1/s1. The van der Waals surface area contributed by atoms with Crippen LogP contribution in [0.5, 0.6) is 0 Å². The van der Waals surface area contributed by atoms with E-state index in [4.69, 9.17) is 21.1 Å². The maximum absolute atomic E-state index is 10.8. The number of ether oxygens (including phenoxy) is 2. The van der Waals surface area contributed by atoms with E-state index in [0.29, 0.717) is 17.0 Å². The maximum Gasteiger partial charge on any atom is 0.145 e. The topological polar surface area (TPSA) is 99.4 Å². The third kappa shape index (κ3) is 4.41. The number of aliphatic hydroxyl groups excluding tert-OH is 4. The normalized spacial score (nSPS) is 29.2. The van der Waals surface area contributed by atoms with Crippen LogP contribution in [0.25, 0.3) is 0 Å². The summed E-state index contributed by atoms with van der Waals surface area (Å²) in [7, 11) is 1.45. The van der Waals surface area contributed by atoms with Gasteiger partial charge in [-0.1, -0.05) is 54.9 Å². The van der Waals surface area contributed by atoms with Crippen LogP contribution < -0.4 is 0 Å². The van der Waals surface area contributed by atoms with Gasteiger partial charge in [-0.05, 0) is 41.2 Å². The number of aryl methyl sites for hydroxylation is 1. The third-order valence-electron chi connectivity index (χ3n) is 5.79. The van der Waals surface area contributed by atoms with E-state index >= 15 is 0 Å². The zero-order valence-electron chi connectivity index (χ0n) is 17.2. The number of rotatable bonds is 7. The van der Waals surface area contributed by atoms with Crippen LogP contribution >= 0.6 is 11.6 Å². The smallest absolute Gasteiger partial charge is 0.145 e. The quantitative estimate of drug-likeness (QED) is 0.528. The van der Waals surface area contributed by atoms with E-state index in [9.17, 15) is 20.4 Å². The minimum absolute atomic E-state index is 0.0826. The van der Waals surface area contributed by atoms with Crippen molar-refractivity contribution in [3.63, 3.8) is 0 Å². The predicted molar refractivity (Wildman–Crippen MR) is 114 cm³/mol. The van der Waals surface area contributed by atoms with E-state index < -0.39 is 36.6 Å². The SMILES string of the molecule is CCc1ccc(Cc2cc(C3(COC)OC(CO)[C@@H](O)[C@H](O)[C@H]3O)ccc2Cl)cc1. The fourth-order valence-corrected chi connectivity index (χ4v) is 4.16. The molecular formula is C23H29ClO6. The van der Waals surface area contributed by atoms with Gasteiger partial charge in [0.1, 0.15) is 30.0 Å². The Bertz CT molecular complexity index is 840. The van der Waals surface area contributed by atoms with Crippen LogP contribution in [0.3, 0.4) is 0 Å². The summed E-state index contributed by atoms with van der Waals surface area (Å²) >= 11 is 6.45. The highest BCUT2D eigenvalue weighted by Gasteiger charge is 2.54. The van der Waals surface area contributed by atoms with Gasteiger partial charge in [-0.2, -0.15) is 0 Å². The highest BCUT2D eigenvalue weighted by molar-refractivity contribution is 6.31. The highest BCUT2D eigenvalue weighted by atomic mass is 35.5. The predicted octanol–water partition coefficient (Wildman–Crippen LogP) is 1.81. The first-order valence-corrected chi connectivity index (χ1v) is 10.4. The molecule has 1 heterocycles. The molecule has 2 aromatic rings. The Morgan fingerprint density at radius 2 is 1.70 bits per heavy atom. The van der Waals surface area contributed by atoms with Gasteiger partial charge in [0.15, 0.2) is 0 Å². The lowest BCUT2D eigenvalue weighted by atomic mass is 9.79. The lowest BCUT2D eigenvalue weighted by Gasteiger charge is -2.48. The molecule has 0 aliphatic carbocycles. The van der Waals surface area contributed by atoms with Gasteiger partial charge in [-0.25, -0.2) is 0 Å². The Morgan fingerprint density at radius 1 is 1.03 bits per heavy atom. The molecular weight excluding hydrogens is 408 g/mol. The number of hydrogen-bond donors (Lipinski definition) is 4. The molecule has 0 saturated carbocycles. The summed E-state index contributed by atoms with van der Waals surface area (Å²) in [6.07, 6.45) is -3.92. The molecule has 2 aromatic carbocycles. The molecule has 0 spiro atoms. The van der Waals surface area contributed by atoms with Crippen molar-refractivity contribution in [1.82, 2.24) is 0 Å². The molecule has 0 radical (unpaired) electrons. The van der Waals surface area contributed by atoms with Gasteiger partial charge in [-0.15, -0.1) is 0 Å². The van der Waals surface area contributed by atoms with Crippen LogP contribution in [0.2, 0.25) is 5.02 Å². The van der Waals surface area contributed by atoms with Crippen LogP contribution in [0.1, 0.15) is 29.2 Å². The van der Waals surface area contributed by atoms with Crippen LogP contribution in [0, 0.1) is 0 Å². The zero-order chi connectivity index (χ0) is 21.9. The Balaban J connectivity index is 1.99. The fourth-order valence-electron chi connectivity index (χ4n) is 3.98. The summed E-state index contributed by atoms with van der Waals surface area (Å²) in [5, 5.41) is 41.6. The molecule has 2 unspecified atom stereocenters. The first-order valence-electron chi connectivity index (χ1n) is 10.0. The van der Waals surface area contributed by atoms with Crippen molar-refractivity contribution >= 4 is 11.6 Å². The Labute approximate surface area is 181 Å². The second kappa shape index (κ2) is 9.75. The molecule has 1 aliphatic rings. The molecule has 5 atom stereocenters. The summed E-state index contributed by atoms with van der Waals surface area (Å²) in [5.41, 5.74) is 2.24. The molecule has 1 saturated heterocycles. The minimum atomic E-state index is -1.51. The van der Waals surface area contributed by atoms with Gasteiger partial charge in [0.2, 0.25) is 0 Å². The molecule has 0 amide bonds. The molecule has 6 nitrogen and oxygen atoms in total. The largest absolute Gasteiger partial charge is 0.394 e. The Hall–Kier alpha value is -1.51. The van der Waals surface area contributed by atoms with Crippen molar-refractivity contribution in [3.8, 4) is 0 Å². The van der Waals surface area contributed by atoms with Gasteiger partial charge in [0.05, 0.1) is 13.2 Å². The van der Waals surface area contributed by atoms with Crippen molar-refractivity contribution in [2.75, 3.05) is 20.3 Å². The van der Waals surface area contributed by atoms with Crippen LogP contribution in [0.4, 0.5) is 0 Å². The molecule has 0 aromatic heterocycles. The van der Waals surface area contributed by atoms with Crippen molar-refractivity contribution in [2.45, 2.75) is 49.8 Å². The van der Waals surface area contributed by atoms with Gasteiger partial charge in [-0.3, -0.25) is 0 Å². The summed E-state index contributed by atoms with van der Waals surface area (Å²) in [6.45, 7) is 1.51. The lowest BCUT2D eigenvalue weighted by molar-refractivity contribution is -0.290. The maximum atomic E-state index is 10.8. The van der Waals surface area contributed by atoms with Gasteiger partial charge < -0.3 is 29.9 Å². The first kappa shape index (κ1) is 23.2. The summed E-state index contributed by atoms with van der Waals surface area (Å²) in [6, 6.07) is 13.5. The molecule has 0 bridgehead atoms. The van der Waals surface area contributed by atoms with E-state index in [1.54, 1.807) is 12.1 Å². The lowest BCUT2D eigenvalue weighted by Crippen LogP contribution is -2.65. The second-order valence-electron chi connectivity index (χ2n) is 7.74. The average molecular weight is 437 g/mol. The van der Waals surface area contributed by atoms with E-state index in [1.165, 1.54) is 12.7 Å². The first-order chi connectivity index (χ1) is 14.4. The highest BCUT2D eigenvalue weighted by Crippen LogP contribution is 2.40. The third-order valence-corrected chi connectivity index (χ3v) is 6.16. The second-order valence-corrected chi connectivity index (χ2v) is 8.15. The van der Waals surface area contributed by atoms with Gasteiger partial charge in [0, 0.05) is 12.1 Å². The monoisotopic (exact) mass is 436 g/mol. The van der Waals surface area contributed by atoms with Crippen LogP contribution in [-0.4, -0.2) is 65.2 Å². The van der Waals surface area contributed by atoms with E-state index in [0.717, 1.165) is 17.5 Å². The number of aliphatic hydroxyl groups is 4. The van der Waals surface area contributed by atoms with Crippen LogP contribution in [0.15, 0.2) is 42.5 Å². The fraction of sp³-hybridized carbons (Fsp3) is 0.478. The van der Waals surface area contributed by atoms with E-state index in [1.807, 2.05) is 6.07 Å². The molecule has 1 fully saturated rings. The number of methoxy groups -OCH3 is 1. The van der Waals surface area contributed by atoms with Gasteiger partial charge in [0.25, 0.3) is 0 Å². The average Bonchev–Trinajstić information content (AvgIpc) is 2.76. The molecule has 7 heteroatoms. The van der Waals surface area contributed by atoms with Crippen molar-refractivity contribution < 1.29 is 29.9 Å². The molecule has 164 valence electrons. The molecule has 30 heavy (non-hydrogen) atoms. The van der Waals surface area contributed by atoms with E-state index in [2.05, 4.69) is 31.2 Å². The number of halogens is 1. The summed E-state index contributed by atoms with van der Waals surface area (Å²) in [5.74, 6) is 0. The zero-order valence-corrected chi connectivity index (χ0v) is 17.9. The van der Waals surface area contributed by atoms with E-state index in [-0.39, 0.29) is 6.61 Å². The van der Waals surface area contributed by atoms with Crippen molar-refractivity contribution in [1.29, 1.82) is 0 Å². The van der Waals surface area contributed by atoms with Crippen LogP contribution in [-0.2, 0) is 27.9 Å². The molecule has 4 N–H and O–H groups in total. The number of benzene rings is 2. The Morgan fingerprint density at radius 3 is 2.30 bits per heavy atom. The van der Waals surface area contributed by atoms with Gasteiger partial charge >= 0.3 is 0 Å². The molecule has 1 aliphatic heterocycles. The molecule has 3 rings (SSSR count).